The van der Waals surface area contributed by atoms with Gasteiger partial charge in [-0.05, 0) is 18.7 Å². The van der Waals surface area contributed by atoms with Crippen LogP contribution in [0.1, 0.15) is 6.92 Å². The van der Waals surface area contributed by atoms with Crippen molar-refractivity contribution in [2.45, 2.75) is 13.7 Å². The molecule has 0 aliphatic carbocycles. The molecule has 0 amide bonds. The van der Waals surface area contributed by atoms with E-state index >= 15 is 0 Å². The van der Waals surface area contributed by atoms with Gasteiger partial charge in [-0.2, -0.15) is 0 Å². The van der Waals surface area contributed by atoms with Gasteiger partial charge in [0.25, 0.3) is 0 Å². The molecule has 0 spiro atoms. The van der Waals surface area contributed by atoms with Gasteiger partial charge in [0.05, 0.1) is 0 Å². The lowest BCUT2D eigenvalue weighted by Gasteiger charge is -2.02. The molecule has 0 aliphatic heterocycles. The van der Waals surface area contributed by atoms with Crippen molar-refractivity contribution in [1.82, 2.24) is 0 Å². The molecular formula is C6H11BOS. The van der Waals surface area contributed by atoms with Gasteiger partial charge in [-0.3, -0.25) is 4.79 Å². The van der Waals surface area contributed by atoms with Gasteiger partial charge < -0.3 is 0 Å². The largest absolute Gasteiger partial charge is 0.296 e. The molecule has 50 valence electrons. The lowest BCUT2D eigenvalue weighted by Crippen LogP contribution is -2.11. The van der Waals surface area contributed by atoms with E-state index in [2.05, 4.69) is 6.58 Å². The second-order valence-corrected chi connectivity index (χ2v) is 3.14. The molecule has 0 aliphatic rings. The van der Waals surface area contributed by atoms with E-state index in [1.807, 2.05) is 13.1 Å². The topological polar surface area (TPSA) is 17.1 Å². The van der Waals surface area contributed by atoms with Crippen LogP contribution in [0.3, 0.4) is 0 Å². The second kappa shape index (κ2) is 3.78. The number of Topliss-reactive ketones (excluding diaryl/α,β-unsaturated/α-hetero) is 1. The Balaban J connectivity index is 3.88. The first-order valence-corrected chi connectivity index (χ1v) is 4.11. The quantitative estimate of drug-likeness (QED) is 0.440. The molecule has 0 radical (unpaired) electrons. The molecule has 0 saturated heterocycles. The SMILES string of the molecule is C=C(B(C)SC)C(C)=O. The van der Waals surface area contributed by atoms with Crippen LogP contribution in [-0.2, 0) is 4.79 Å². The predicted molar refractivity (Wildman–Crippen MR) is 45.0 cm³/mol. The maximum atomic E-state index is 10.6. The highest BCUT2D eigenvalue weighted by molar-refractivity contribution is 8.25. The maximum absolute atomic E-state index is 10.6. The average Bonchev–Trinajstić information content (AvgIpc) is 1.84. The predicted octanol–water partition coefficient (Wildman–Crippen LogP) is 1.66. The Bertz CT molecular complexity index is 133. The van der Waals surface area contributed by atoms with Crippen LogP contribution >= 0.6 is 11.6 Å². The minimum Gasteiger partial charge on any atom is -0.296 e. The van der Waals surface area contributed by atoms with Crippen LogP contribution in [0, 0.1) is 0 Å². The molecule has 0 atom stereocenters. The van der Waals surface area contributed by atoms with Crippen molar-refractivity contribution < 1.29 is 4.79 Å². The number of hydrogen-bond acceptors (Lipinski definition) is 2. The molecule has 0 aromatic carbocycles. The summed E-state index contributed by atoms with van der Waals surface area (Å²) in [7, 11) is 0. The monoisotopic (exact) mass is 142 g/mol. The van der Waals surface area contributed by atoms with Gasteiger partial charge in [-0.25, -0.2) is 11.6 Å². The van der Waals surface area contributed by atoms with Gasteiger partial charge in [-0.1, -0.05) is 6.82 Å². The minimum absolute atomic E-state index is 0.0943. The van der Waals surface area contributed by atoms with Gasteiger partial charge in [0, 0.05) is 0 Å². The van der Waals surface area contributed by atoms with Gasteiger partial charge in [-0.15, -0.1) is 6.58 Å². The van der Waals surface area contributed by atoms with Gasteiger partial charge in [0.15, 0.2) is 0 Å². The van der Waals surface area contributed by atoms with E-state index in [0.29, 0.717) is 5.47 Å². The highest BCUT2D eigenvalue weighted by atomic mass is 32.2. The van der Waals surface area contributed by atoms with E-state index in [1.165, 1.54) is 0 Å². The molecule has 0 fully saturated rings. The van der Waals surface area contributed by atoms with Crippen LogP contribution in [0.15, 0.2) is 12.1 Å². The number of ketones is 1. The standard InChI is InChI=1S/C6H11BOS/c1-5(6(2)8)7(3)9-4/h1H2,2-4H3. The van der Waals surface area contributed by atoms with Gasteiger partial charge >= 0.3 is 0 Å². The first kappa shape index (κ1) is 8.82. The third-order valence-corrected chi connectivity index (χ3v) is 2.29. The zero-order chi connectivity index (χ0) is 7.44. The smallest absolute Gasteiger partial charge is 0.242 e. The normalized spacial score (nSPS) is 8.78. The highest BCUT2D eigenvalue weighted by Gasteiger charge is 2.12. The molecule has 0 heterocycles. The molecule has 0 rings (SSSR count). The number of hydrogen-bond donors (Lipinski definition) is 0. The van der Waals surface area contributed by atoms with E-state index in [4.69, 9.17) is 0 Å². The molecule has 3 heteroatoms. The van der Waals surface area contributed by atoms with Crippen molar-refractivity contribution in [2.75, 3.05) is 6.26 Å². The molecule has 0 saturated carbocycles. The molecule has 1 nitrogen and oxygen atoms in total. The number of rotatable bonds is 3. The summed E-state index contributed by atoms with van der Waals surface area (Å²) in [5.41, 5.74) is 0.711. The first-order chi connectivity index (χ1) is 4.09. The Kier molecular flexibility index (Phi) is 3.70. The summed E-state index contributed by atoms with van der Waals surface area (Å²) in [5.74, 6) is 0.361. The Morgan fingerprint density at radius 2 is 2.11 bits per heavy atom. The zero-order valence-corrected chi connectivity index (χ0v) is 6.92. The van der Waals surface area contributed by atoms with E-state index in [0.717, 1.165) is 0 Å². The van der Waals surface area contributed by atoms with Crippen LogP contribution < -0.4 is 0 Å². The maximum Gasteiger partial charge on any atom is 0.242 e. The summed E-state index contributed by atoms with van der Waals surface area (Å²) >= 11 is 1.64. The lowest BCUT2D eigenvalue weighted by molar-refractivity contribution is -0.113. The van der Waals surface area contributed by atoms with Crippen LogP contribution in [0.4, 0.5) is 0 Å². The molecule has 0 N–H and O–H groups in total. The Morgan fingerprint density at radius 1 is 1.67 bits per heavy atom. The van der Waals surface area contributed by atoms with Crippen molar-refractivity contribution >= 4 is 23.4 Å². The van der Waals surface area contributed by atoms with Crippen molar-refractivity contribution in [1.29, 1.82) is 0 Å². The molecule has 0 aromatic heterocycles. The molecule has 0 aromatic rings. The number of carbonyl (C=O) groups excluding carboxylic acids is 1. The third-order valence-electron chi connectivity index (χ3n) is 1.30. The van der Waals surface area contributed by atoms with Crippen molar-refractivity contribution in [3.63, 3.8) is 0 Å². The zero-order valence-electron chi connectivity index (χ0n) is 6.10. The number of carbonyl (C=O) groups is 1. The molecule has 9 heavy (non-hydrogen) atoms. The number of allylic oxidation sites excluding steroid dienone is 1. The summed E-state index contributed by atoms with van der Waals surface area (Å²) in [5, 5.41) is 0. The Hall–Kier alpha value is -0.175. The molecule has 0 unspecified atom stereocenters. The van der Waals surface area contributed by atoms with Gasteiger partial charge in [0.2, 0.25) is 5.99 Å². The van der Waals surface area contributed by atoms with Crippen LogP contribution in [-0.4, -0.2) is 18.0 Å². The summed E-state index contributed by atoms with van der Waals surface area (Å²) < 4.78 is 0. The molecule has 0 bridgehead atoms. The fourth-order valence-corrected chi connectivity index (χ4v) is 0.879. The Morgan fingerprint density at radius 3 is 2.22 bits per heavy atom. The summed E-state index contributed by atoms with van der Waals surface area (Å²) in [6.07, 6.45) is 1.97. The summed E-state index contributed by atoms with van der Waals surface area (Å²) in [4.78, 5) is 10.6. The summed E-state index contributed by atoms with van der Waals surface area (Å²) in [6, 6.07) is 0. The fraction of sp³-hybridized carbons (Fsp3) is 0.500. The van der Waals surface area contributed by atoms with Crippen molar-refractivity contribution in [3.05, 3.63) is 12.1 Å². The fourth-order valence-electron chi connectivity index (χ4n) is 0.429. The lowest BCUT2D eigenvalue weighted by atomic mass is 9.69. The van der Waals surface area contributed by atoms with E-state index in [9.17, 15) is 4.79 Å². The second-order valence-electron chi connectivity index (χ2n) is 1.96. The summed E-state index contributed by atoms with van der Waals surface area (Å²) in [6.45, 7) is 7.19. The van der Waals surface area contributed by atoms with Crippen molar-refractivity contribution in [2.24, 2.45) is 0 Å². The van der Waals surface area contributed by atoms with E-state index in [1.54, 1.807) is 18.5 Å². The third kappa shape index (κ3) is 2.75. The van der Waals surface area contributed by atoms with Crippen LogP contribution in [0.2, 0.25) is 6.82 Å². The molecular weight excluding hydrogens is 131 g/mol. The minimum atomic E-state index is 0.0943. The highest BCUT2D eigenvalue weighted by Crippen LogP contribution is 2.09. The van der Waals surface area contributed by atoms with E-state index in [-0.39, 0.29) is 11.8 Å². The average molecular weight is 142 g/mol. The van der Waals surface area contributed by atoms with Crippen LogP contribution in [0.25, 0.3) is 0 Å². The van der Waals surface area contributed by atoms with E-state index < -0.39 is 0 Å². The Labute approximate surface area is 60.9 Å². The van der Waals surface area contributed by atoms with Gasteiger partial charge in [0.1, 0.15) is 5.78 Å². The first-order valence-electron chi connectivity index (χ1n) is 2.82. The van der Waals surface area contributed by atoms with Crippen LogP contribution in [0.5, 0.6) is 0 Å². The van der Waals surface area contributed by atoms with Crippen molar-refractivity contribution in [3.8, 4) is 0 Å².